The molecule has 0 aromatic heterocycles. The van der Waals surface area contributed by atoms with Gasteiger partial charge in [-0.25, -0.2) is 4.79 Å². The number of amides is 1. The van der Waals surface area contributed by atoms with Crippen LogP contribution in [0.2, 0.25) is 0 Å². The van der Waals surface area contributed by atoms with Crippen LogP contribution in [0.1, 0.15) is 46.5 Å². The molecule has 3 aliphatic rings. The summed E-state index contributed by atoms with van der Waals surface area (Å²) >= 11 is 1.09. The van der Waals surface area contributed by atoms with Gasteiger partial charge >= 0.3 is 5.97 Å². The number of thioether (sulfide) groups is 1. The molecule has 2 atom stereocenters. The van der Waals surface area contributed by atoms with Crippen molar-refractivity contribution in [3.8, 4) is 6.07 Å². The summed E-state index contributed by atoms with van der Waals surface area (Å²) in [6.45, 7) is 7.06. The number of hydrogen-bond donors (Lipinski definition) is 0. The number of fused-ring (bicyclic) bond motifs is 2. The number of ether oxygens (including phenoxy) is 1. The molecule has 0 aromatic rings. The maximum absolute atomic E-state index is 12.6. The van der Waals surface area contributed by atoms with Crippen molar-refractivity contribution in [2.75, 3.05) is 13.7 Å². The molecule has 1 heterocycles. The van der Waals surface area contributed by atoms with Crippen LogP contribution in [0.5, 0.6) is 0 Å². The van der Waals surface area contributed by atoms with E-state index in [2.05, 4.69) is 35.7 Å². The van der Waals surface area contributed by atoms with Crippen LogP contribution in [0.15, 0.2) is 21.2 Å². The van der Waals surface area contributed by atoms with E-state index in [0.29, 0.717) is 11.1 Å². The van der Waals surface area contributed by atoms with Gasteiger partial charge in [-0.3, -0.25) is 9.69 Å². The molecule has 0 radical (unpaired) electrons. The number of methoxy groups -OCH3 is 1. The van der Waals surface area contributed by atoms with Crippen LogP contribution in [-0.2, 0) is 14.3 Å². The first-order valence-electron chi connectivity index (χ1n) is 9.06. The quantitative estimate of drug-likeness (QED) is 0.419. The number of amidine groups is 1. The summed E-state index contributed by atoms with van der Waals surface area (Å²) in [7, 11) is 1.26. The van der Waals surface area contributed by atoms with E-state index >= 15 is 0 Å². The highest BCUT2D eigenvalue weighted by molar-refractivity contribution is 8.18. The van der Waals surface area contributed by atoms with E-state index in [4.69, 9.17) is 5.26 Å². The lowest BCUT2D eigenvalue weighted by atomic mass is 9.70. The zero-order valence-corrected chi connectivity index (χ0v) is 16.9. The number of nitriles is 1. The van der Waals surface area contributed by atoms with Crippen molar-refractivity contribution in [3.05, 3.63) is 11.0 Å². The van der Waals surface area contributed by atoms with E-state index in [9.17, 15) is 9.59 Å². The van der Waals surface area contributed by atoms with Gasteiger partial charge in [0.25, 0.3) is 5.91 Å². The number of nitrogens with zero attached hydrogens (tertiary/aromatic N) is 4. The molecule has 1 aliphatic heterocycles. The summed E-state index contributed by atoms with van der Waals surface area (Å²) in [6, 6.07) is 2.03. The molecule has 2 unspecified atom stereocenters. The van der Waals surface area contributed by atoms with Gasteiger partial charge in [-0.15, -0.1) is 5.10 Å². The van der Waals surface area contributed by atoms with Crippen molar-refractivity contribution in [2.45, 2.75) is 46.5 Å². The highest BCUT2D eigenvalue weighted by Gasteiger charge is 2.60. The van der Waals surface area contributed by atoms with Gasteiger partial charge in [0.05, 0.1) is 24.5 Å². The molecule has 3 fully saturated rings. The fourth-order valence-electron chi connectivity index (χ4n) is 4.29. The molecule has 1 saturated heterocycles. The Morgan fingerprint density at radius 3 is 2.74 bits per heavy atom. The minimum absolute atomic E-state index is 0.0250. The van der Waals surface area contributed by atoms with Gasteiger partial charge in [-0.2, -0.15) is 10.4 Å². The monoisotopic (exact) mass is 388 g/mol. The van der Waals surface area contributed by atoms with Crippen LogP contribution in [-0.4, -0.2) is 41.3 Å². The van der Waals surface area contributed by atoms with Gasteiger partial charge in [-0.05, 0) is 42.4 Å². The van der Waals surface area contributed by atoms with Gasteiger partial charge in [0, 0.05) is 23.7 Å². The molecular formula is C19H24N4O3S. The molecule has 8 heteroatoms. The SMILES string of the molecule is COC(=O)C=C1SC(=NN=C2CC3CCC2(C)C3(C)C)N(CCC#N)C1=O. The normalized spacial score (nSPS) is 33.3. The molecule has 3 rings (SSSR count). The van der Waals surface area contributed by atoms with E-state index in [1.165, 1.54) is 18.4 Å². The van der Waals surface area contributed by atoms with Crippen LogP contribution in [0, 0.1) is 28.1 Å². The van der Waals surface area contributed by atoms with Crippen LogP contribution < -0.4 is 0 Å². The molecule has 27 heavy (non-hydrogen) atoms. The molecule has 144 valence electrons. The molecular weight excluding hydrogens is 364 g/mol. The summed E-state index contributed by atoms with van der Waals surface area (Å²) < 4.78 is 4.60. The van der Waals surface area contributed by atoms with Crippen LogP contribution in [0.4, 0.5) is 0 Å². The second-order valence-electron chi connectivity index (χ2n) is 7.92. The summed E-state index contributed by atoms with van der Waals surface area (Å²) in [5.74, 6) is -0.330. The third-order valence-electron chi connectivity index (χ3n) is 6.55. The van der Waals surface area contributed by atoms with Crippen molar-refractivity contribution in [1.29, 1.82) is 5.26 Å². The van der Waals surface area contributed by atoms with Crippen LogP contribution in [0.3, 0.4) is 0 Å². The fourth-order valence-corrected chi connectivity index (χ4v) is 5.21. The largest absolute Gasteiger partial charge is 0.466 e. The Hall–Kier alpha value is -2.14. The Kier molecular flexibility index (Phi) is 5.17. The second-order valence-corrected chi connectivity index (χ2v) is 8.93. The van der Waals surface area contributed by atoms with Crippen molar-refractivity contribution in [3.63, 3.8) is 0 Å². The Balaban J connectivity index is 1.89. The first kappa shape index (κ1) is 19.6. The van der Waals surface area contributed by atoms with Gasteiger partial charge in [0.2, 0.25) is 0 Å². The fraction of sp³-hybridized carbons (Fsp3) is 0.632. The highest BCUT2D eigenvalue weighted by Crippen LogP contribution is 2.64. The van der Waals surface area contributed by atoms with Crippen LogP contribution in [0.25, 0.3) is 0 Å². The van der Waals surface area contributed by atoms with E-state index in [1.54, 1.807) is 0 Å². The van der Waals surface area contributed by atoms with E-state index in [-0.39, 0.29) is 34.6 Å². The predicted octanol–water partition coefficient (Wildman–Crippen LogP) is 3.09. The first-order chi connectivity index (χ1) is 12.7. The average molecular weight is 388 g/mol. The molecule has 1 amide bonds. The Labute approximate surface area is 163 Å². The molecule has 0 aromatic carbocycles. The third kappa shape index (κ3) is 3.18. The minimum Gasteiger partial charge on any atom is -0.466 e. The lowest BCUT2D eigenvalue weighted by molar-refractivity contribution is -0.135. The number of carbonyl (C=O) groups excluding carboxylic acids is 2. The highest BCUT2D eigenvalue weighted by atomic mass is 32.2. The first-order valence-corrected chi connectivity index (χ1v) is 9.87. The van der Waals surface area contributed by atoms with E-state index < -0.39 is 5.97 Å². The Morgan fingerprint density at radius 2 is 2.19 bits per heavy atom. The number of hydrogen-bond acceptors (Lipinski definition) is 7. The van der Waals surface area contributed by atoms with E-state index in [0.717, 1.165) is 36.4 Å². The Morgan fingerprint density at radius 1 is 1.44 bits per heavy atom. The summed E-state index contributed by atoms with van der Waals surface area (Å²) in [4.78, 5) is 25.7. The van der Waals surface area contributed by atoms with Gasteiger partial charge in [-0.1, -0.05) is 20.8 Å². The third-order valence-corrected chi connectivity index (χ3v) is 7.55. The maximum atomic E-state index is 12.6. The number of carbonyl (C=O) groups is 2. The van der Waals surface area contributed by atoms with E-state index in [1.807, 2.05) is 6.07 Å². The molecule has 2 aliphatic carbocycles. The standard InChI is InChI=1S/C19H24N4O3S/c1-18(2)12-6-7-19(18,3)14(10-12)21-22-17-23(9-5-8-20)16(25)13(27-17)11-15(24)26-4/h11-12H,5-7,9-10H2,1-4H3. The van der Waals surface area contributed by atoms with Crippen molar-refractivity contribution < 1.29 is 14.3 Å². The lowest BCUT2D eigenvalue weighted by Crippen LogP contribution is -2.33. The lowest BCUT2D eigenvalue weighted by Gasteiger charge is -2.34. The van der Waals surface area contributed by atoms with Gasteiger partial charge in [0.1, 0.15) is 0 Å². The topological polar surface area (TPSA) is 95.1 Å². The van der Waals surface area contributed by atoms with Gasteiger partial charge < -0.3 is 4.74 Å². The second kappa shape index (κ2) is 7.12. The smallest absolute Gasteiger partial charge is 0.331 e. The van der Waals surface area contributed by atoms with Crippen LogP contribution >= 0.6 is 11.8 Å². The summed E-state index contributed by atoms with van der Waals surface area (Å²) in [6.07, 6.45) is 4.59. The van der Waals surface area contributed by atoms with Crippen molar-refractivity contribution in [1.82, 2.24) is 4.90 Å². The zero-order valence-electron chi connectivity index (χ0n) is 16.1. The molecule has 2 saturated carbocycles. The molecule has 2 bridgehead atoms. The van der Waals surface area contributed by atoms with Gasteiger partial charge in [0.15, 0.2) is 5.17 Å². The minimum atomic E-state index is -0.596. The van der Waals surface area contributed by atoms with Crippen molar-refractivity contribution >= 4 is 34.5 Å². The molecule has 7 nitrogen and oxygen atoms in total. The predicted molar refractivity (Wildman–Crippen MR) is 104 cm³/mol. The molecule has 0 N–H and O–H groups in total. The maximum Gasteiger partial charge on any atom is 0.331 e. The number of rotatable bonds is 4. The number of esters is 1. The average Bonchev–Trinajstić information content (AvgIpc) is 3.12. The van der Waals surface area contributed by atoms with Crippen molar-refractivity contribution in [2.24, 2.45) is 27.0 Å². The summed E-state index contributed by atoms with van der Waals surface area (Å²) in [5.41, 5.74) is 1.30. The molecule has 0 spiro atoms. The Bertz CT molecular complexity index is 808. The summed E-state index contributed by atoms with van der Waals surface area (Å²) in [5, 5.41) is 18.2. The zero-order chi connectivity index (χ0) is 19.8.